The number of nitrogens with zero attached hydrogens (tertiary/aromatic N) is 3. The molecule has 2 amide bonds. The first-order chi connectivity index (χ1) is 13.9. The zero-order chi connectivity index (χ0) is 20.8. The third-order valence-electron chi connectivity index (χ3n) is 3.60. The van der Waals surface area contributed by atoms with Crippen molar-refractivity contribution in [3.05, 3.63) is 69.9 Å². The van der Waals surface area contributed by atoms with Crippen LogP contribution < -0.4 is 16.0 Å². The fourth-order valence-electron chi connectivity index (χ4n) is 2.40. The van der Waals surface area contributed by atoms with Crippen LogP contribution in [0.2, 0.25) is 10.0 Å². The maximum atomic E-state index is 12.4. The first-order valence-corrected chi connectivity index (χ1v) is 9.34. The van der Waals surface area contributed by atoms with Crippen LogP contribution in [-0.4, -0.2) is 22.0 Å². The van der Waals surface area contributed by atoms with Gasteiger partial charge in [-0.05, 0) is 50.2 Å². The number of guanidine groups is 1. The van der Waals surface area contributed by atoms with Crippen LogP contribution in [0.25, 0.3) is 0 Å². The highest BCUT2D eigenvalue weighted by Crippen LogP contribution is 2.24. The van der Waals surface area contributed by atoms with Crippen molar-refractivity contribution in [2.45, 2.75) is 20.4 Å². The van der Waals surface area contributed by atoms with Crippen molar-refractivity contribution in [1.29, 1.82) is 0 Å². The number of amides is 2. The lowest BCUT2D eigenvalue weighted by Crippen LogP contribution is -2.39. The van der Waals surface area contributed by atoms with Crippen molar-refractivity contribution < 1.29 is 9.21 Å². The summed E-state index contributed by atoms with van der Waals surface area (Å²) in [7, 11) is 0. The molecule has 0 aliphatic rings. The van der Waals surface area contributed by atoms with Crippen LogP contribution in [-0.2, 0) is 6.54 Å². The quantitative estimate of drug-likeness (QED) is 0.406. The third kappa shape index (κ3) is 6.20. The monoisotopic (exact) mass is 432 g/mol. The molecule has 10 heteroatoms. The van der Waals surface area contributed by atoms with Gasteiger partial charge in [0.25, 0.3) is 0 Å². The normalized spacial score (nSPS) is 11.2. The van der Waals surface area contributed by atoms with E-state index in [4.69, 9.17) is 27.6 Å². The van der Waals surface area contributed by atoms with Gasteiger partial charge >= 0.3 is 6.03 Å². The molecule has 0 atom stereocenters. The molecule has 2 aromatic heterocycles. The Morgan fingerprint density at radius 3 is 2.48 bits per heavy atom. The highest BCUT2D eigenvalue weighted by Gasteiger charge is 2.10. The predicted octanol–water partition coefficient (Wildman–Crippen LogP) is 4.78. The standard InChI is InChI=1S/C19H18Cl2N6O2/c1-11-8-12(2)24-18(23-11)26-17(22-10-14-4-3-7-29-14)27-19(28)25-13-5-6-15(20)16(21)9-13/h3-9H,10H2,1-2H3,(H3,22,23,24,25,26,27,28). The number of urea groups is 1. The maximum Gasteiger partial charge on any atom is 0.326 e. The number of rotatable bonds is 4. The lowest BCUT2D eigenvalue weighted by atomic mass is 10.3. The van der Waals surface area contributed by atoms with Crippen LogP contribution >= 0.6 is 23.2 Å². The van der Waals surface area contributed by atoms with Crippen molar-refractivity contribution in [1.82, 2.24) is 15.3 Å². The van der Waals surface area contributed by atoms with Gasteiger partial charge in [-0.2, -0.15) is 0 Å². The molecule has 0 saturated carbocycles. The summed E-state index contributed by atoms with van der Waals surface area (Å²) in [6.45, 7) is 3.92. The van der Waals surface area contributed by atoms with E-state index in [9.17, 15) is 4.79 Å². The summed E-state index contributed by atoms with van der Waals surface area (Å²) >= 11 is 11.9. The average molecular weight is 433 g/mol. The number of carbonyl (C=O) groups excluding carboxylic acids is 1. The van der Waals surface area contributed by atoms with Gasteiger partial charge in [0.1, 0.15) is 12.3 Å². The minimum atomic E-state index is -0.529. The van der Waals surface area contributed by atoms with Crippen LogP contribution in [0.15, 0.2) is 52.1 Å². The lowest BCUT2D eigenvalue weighted by molar-refractivity contribution is 0.256. The van der Waals surface area contributed by atoms with E-state index in [1.54, 1.807) is 36.6 Å². The molecular formula is C19H18Cl2N6O2. The van der Waals surface area contributed by atoms with Crippen molar-refractivity contribution in [2.75, 3.05) is 10.6 Å². The Morgan fingerprint density at radius 2 is 1.83 bits per heavy atom. The number of aromatic nitrogens is 2. The highest BCUT2D eigenvalue weighted by molar-refractivity contribution is 6.42. The zero-order valence-electron chi connectivity index (χ0n) is 15.7. The van der Waals surface area contributed by atoms with Crippen LogP contribution in [0.5, 0.6) is 0 Å². The minimum absolute atomic E-state index is 0.156. The van der Waals surface area contributed by atoms with Gasteiger partial charge in [-0.1, -0.05) is 23.2 Å². The summed E-state index contributed by atoms with van der Waals surface area (Å²) in [5.74, 6) is 1.11. The number of halogens is 2. The second-order valence-electron chi connectivity index (χ2n) is 6.05. The van der Waals surface area contributed by atoms with Gasteiger partial charge in [0, 0.05) is 17.1 Å². The van der Waals surface area contributed by atoms with Gasteiger partial charge in [0.2, 0.25) is 11.9 Å². The number of aryl methyl sites for hydroxylation is 2. The second kappa shape index (κ2) is 9.40. The van der Waals surface area contributed by atoms with Crippen molar-refractivity contribution in [2.24, 2.45) is 4.99 Å². The number of aliphatic imine (C=N–C) groups is 1. The Balaban J connectivity index is 1.75. The van der Waals surface area contributed by atoms with E-state index in [1.165, 1.54) is 0 Å². The van der Waals surface area contributed by atoms with Crippen LogP contribution in [0.4, 0.5) is 16.4 Å². The molecule has 3 N–H and O–H groups in total. The fourth-order valence-corrected chi connectivity index (χ4v) is 2.70. The summed E-state index contributed by atoms with van der Waals surface area (Å²) in [4.78, 5) is 25.4. The minimum Gasteiger partial charge on any atom is -0.467 e. The first kappa shape index (κ1) is 20.6. The average Bonchev–Trinajstić information content (AvgIpc) is 3.15. The number of benzene rings is 1. The molecule has 0 spiro atoms. The van der Waals surface area contributed by atoms with Crippen molar-refractivity contribution >= 4 is 46.8 Å². The first-order valence-electron chi connectivity index (χ1n) is 8.58. The summed E-state index contributed by atoms with van der Waals surface area (Å²) in [5, 5.41) is 8.96. The Bertz CT molecular complexity index is 1020. The van der Waals surface area contributed by atoms with E-state index in [-0.39, 0.29) is 12.5 Å². The van der Waals surface area contributed by atoms with Gasteiger partial charge in [-0.3, -0.25) is 10.6 Å². The van der Waals surface area contributed by atoms with Crippen molar-refractivity contribution in [3.63, 3.8) is 0 Å². The van der Waals surface area contributed by atoms with E-state index < -0.39 is 6.03 Å². The molecule has 0 aliphatic carbocycles. The number of carbonyl (C=O) groups is 1. The summed E-state index contributed by atoms with van der Waals surface area (Å²) < 4.78 is 5.28. The molecular weight excluding hydrogens is 415 g/mol. The van der Waals surface area contributed by atoms with Gasteiger partial charge in [0.05, 0.1) is 16.3 Å². The Hall–Kier alpha value is -3.10. The second-order valence-corrected chi connectivity index (χ2v) is 6.87. The van der Waals surface area contributed by atoms with Crippen LogP contribution in [0.3, 0.4) is 0 Å². The van der Waals surface area contributed by atoms with Gasteiger partial charge in [-0.15, -0.1) is 0 Å². The highest BCUT2D eigenvalue weighted by atomic mass is 35.5. The van der Waals surface area contributed by atoms with Crippen LogP contribution in [0.1, 0.15) is 17.1 Å². The Labute approximate surface area is 177 Å². The molecule has 8 nitrogen and oxygen atoms in total. The van der Waals surface area contributed by atoms with Crippen LogP contribution in [0, 0.1) is 13.8 Å². The van der Waals surface area contributed by atoms with Gasteiger partial charge < -0.3 is 9.73 Å². The molecule has 1 aromatic carbocycles. The largest absolute Gasteiger partial charge is 0.467 e. The number of anilines is 2. The molecule has 0 saturated heterocycles. The lowest BCUT2D eigenvalue weighted by Gasteiger charge is -2.12. The molecule has 2 heterocycles. The summed E-state index contributed by atoms with van der Waals surface area (Å²) in [6, 6.07) is 9.62. The molecule has 29 heavy (non-hydrogen) atoms. The number of furan rings is 1. The molecule has 0 bridgehead atoms. The maximum absolute atomic E-state index is 12.4. The molecule has 0 aliphatic heterocycles. The number of hydrogen-bond acceptors (Lipinski definition) is 5. The summed E-state index contributed by atoms with van der Waals surface area (Å²) in [5.41, 5.74) is 2.04. The topological polar surface area (TPSA) is 104 Å². The zero-order valence-corrected chi connectivity index (χ0v) is 17.2. The van der Waals surface area contributed by atoms with E-state index in [0.29, 0.717) is 27.4 Å². The third-order valence-corrected chi connectivity index (χ3v) is 4.33. The van der Waals surface area contributed by atoms with Gasteiger partial charge in [0.15, 0.2) is 0 Å². The van der Waals surface area contributed by atoms with Gasteiger partial charge in [-0.25, -0.2) is 19.8 Å². The predicted molar refractivity (Wildman–Crippen MR) is 114 cm³/mol. The number of hydrogen-bond donors (Lipinski definition) is 3. The molecule has 0 radical (unpaired) electrons. The van der Waals surface area contributed by atoms with E-state index in [1.807, 2.05) is 19.9 Å². The molecule has 0 unspecified atom stereocenters. The smallest absolute Gasteiger partial charge is 0.326 e. The Kier molecular flexibility index (Phi) is 6.69. The molecule has 150 valence electrons. The number of nitrogens with one attached hydrogen (secondary N) is 3. The van der Waals surface area contributed by atoms with E-state index >= 15 is 0 Å². The molecule has 0 fully saturated rings. The fraction of sp³-hybridized carbons (Fsp3) is 0.158. The van der Waals surface area contributed by atoms with Crippen molar-refractivity contribution in [3.8, 4) is 0 Å². The van der Waals surface area contributed by atoms with E-state index in [2.05, 4.69) is 30.9 Å². The molecule has 3 rings (SSSR count). The SMILES string of the molecule is Cc1cc(C)nc(NC(=NCc2ccco2)NC(=O)Nc2ccc(Cl)c(Cl)c2)n1. The molecule has 3 aromatic rings. The van der Waals surface area contributed by atoms with E-state index in [0.717, 1.165) is 11.4 Å². The summed E-state index contributed by atoms with van der Waals surface area (Å²) in [6.07, 6.45) is 1.55. The Morgan fingerprint density at radius 1 is 1.07 bits per heavy atom.